The Morgan fingerprint density at radius 1 is 1.23 bits per heavy atom. The average molecular weight is 779 g/mol. The molecular weight excluding hydrogens is 734 g/mol. The summed E-state index contributed by atoms with van der Waals surface area (Å²) in [5, 5.41) is 11.9. The molecule has 3 aromatic heterocycles. The number of nitrogen functional groups attached to an aromatic ring is 1. The summed E-state index contributed by atoms with van der Waals surface area (Å²) in [6.07, 6.45) is 1.80. The summed E-state index contributed by atoms with van der Waals surface area (Å²) in [5.41, 5.74) is 6.12. The third-order valence-electron chi connectivity index (χ3n) is 7.09. The van der Waals surface area contributed by atoms with Crippen molar-refractivity contribution in [3.8, 4) is 5.75 Å². The van der Waals surface area contributed by atoms with Crippen molar-refractivity contribution < 1.29 is 49.6 Å². The van der Waals surface area contributed by atoms with Crippen LogP contribution in [0.3, 0.4) is 0 Å². The number of allylic oxidation sites excluding steroid dienone is 1. The maximum Gasteiger partial charge on any atom is 0.418 e. The molecule has 2 unspecified atom stereocenters. The molecule has 2 saturated heterocycles. The number of fused-ring (bicyclic) bond motifs is 1. The summed E-state index contributed by atoms with van der Waals surface area (Å²) >= 11 is 1.07. The molecule has 290 valence electrons. The van der Waals surface area contributed by atoms with E-state index in [1.165, 1.54) is 19.2 Å². The zero-order valence-corrected chi connectivity index (χ0v) is 31.3. The van der Waals surface area contributed by atoms with Crippen LogP contribution in [0, 0.1) is 0 Å². The maximum atomic E-state index is 13.1. The minimum Gasteiger partial charge on any atom is -0.488 e. The normalized spacial score (nSPS) is 18.3. The minimum atomic E-state index is -4.94. The lowest BCUT2D eigenvalue weighted by Gasteiger charge is -2.50. The monoisotopic (exact) mass is 778 g/mol. The third-order valence-corrected chi connectivity index (χ3v) is 8.10. The van der Waals surface area contributed by atoms with Crippen molar-refractivity contribution in [2.45, 2.75) is 78.1 Å². The predicted octanol–water partition coefficient (Wildman–Crippen LogP) is 4.27. The van der Waals surface area contributed by atoms with E-state index in [9.17, 15) is 31.2 Å². The number of halogens is 3. The highest BCUT2D eigenvalue weighted by Gasteiger charge is 2.58. The smallest absolute Gasteiger partial charge is 0.418 e. The number of imidazole rings is 1. The molecule has 5 rings (SSSR count). The van der Waals surface area contributed by atoms with Crippen LogP contribution in [0.15, 0.2) is 47.7 Å². The molecule has 16 nitrogen and oxygen atoms in total. The number of pyridine rings is 1. The van der Waals surface area contributed by atoms with Crippen LogP contribution in [0.25, 0.3) is 5.65 Å². The topological polar surface area (TPSA) is 212 Å². The van der Waals surface area contributed by atoms with Gasteiger partial charge in [0.15, 0.2) is 17.5 Å². The summed E-state index contributed by atoms with van der Waals surface area (Å²) in [7, 11) is -4.94. The number of nitrogens with two attached hydrogens (primary N) is 1. The number of carbonyl (C=O) groups is 2. The number of carbonyl (C=O) groups excluding carboxylic acids is 2. The molecule has 2 aliphatic heterocycles. The van der Waals surface area contributed by atoms with Crippen LogP contribution >= 0.6 is 11.3 Å². The number of anilines is 1. The second kappa shape index (κ2) is 19.5. The third kappa shape index (κ3) is 12.4. The first-order valence-corrected chi connectivity index (χ1v) is 18.5. The Kier molecular flexibility index (Phi) is 16.4. The van der Waals surface area contributed by atoms with Gasteiger partial charge in [-0.1, -0.05) is 39.4 Å². The van der Waals surface area contributed by atoms with Crippen molar-refractivity contribution in [1.29, 1.82) is 0 Å². The van der Waals surface area contributed by atoms with Crippen molar-refractivity contribution in [2.24, 2.45) is 5.16 Å². The van der Waals surface area contributed by atoms with Crippen LogP contribution in [0.1, 0.15) is 71.7 Å². The van der Waals surface area contributed by atoms with E-state index in [1.54, 1.807) is 6.07 Å². The standard InChI is InChI=1S/C24H30N8O8S2.C3H3F3.2C2H6/c1-24(2)20(22(34)32(24)40-42(35,36)37)29-21(33)19(17-13-41-23(25)28-17)30-39-9-8-38-15-5-6-18-27-16(12-31(18)11-15)14-4-3-7-26-10-14;1-2-3(4,5)6;2*1-2/h5-6,11-14,20,26H,3-4,7-10H2,1-2H3,(H2,25,28)(H,29,33)(H,35,36,37);2H,1H2;2*1-2H3/b30-19-;;;. The number of hydrogen-bond acceptors (Lipinski definition) is 13. The summed E-state index contributed by atoms with van der Waals surface area (Å²) in [4.78, 5) is 39.6. The van der Waals surface area contributed by atoms with Crippen LogP contribution in [0.4, 0.5) is 18.3 Å². The fourth-order valence-electron chi connectivity index (χ4n) is 4.70. The van der Waals surface area contributed by atoms with Crippen molar-refractivity contribution in [3.63, 3.8) is 0 Å². The Labute approximate surface area is 304 Å². The van der Waals surface area contributed by atoms with Crippen molar-refractivity contribution in [3.05, 3.63) is 53.9 Å². The molecule has 0 saturated carbocycles. The van der Waals surface area contributed by atoms with Gasteiger partial charge in [-0.2, -0.15) is 26.7 Å². The lowest BCUT2D eigenvalue weighted by molar-refractivity contribution is -0.218. The quantitative estimate of drug-likeness (QED) is 0.0537. The van der Waals surface area contributed by atoms with Crippen LogP contribution in [-0.2, 0) is 29.1 Å². The fourth-order valence-corrected chi connectivity index (χ4v) is 5.71. The number of rotatable bonds is 11. The molecule has 2 atom stereocenters. The van der Waals surface area contributed by atoms with E-state index in [0.29, 0.717) is 16.7 Å². The molecule has 2 aliphatic rings. The van der Waals surface area contributed by atoms with Crippen molar-refractivity contribution in [2.75, 3.05) is 32.0 Å². The first-order chi connectivity index (χ1) is 24.5. The number of alkyl halides is 3. The molecule has 0 aliphatic carbocycles. The molecule has 0 spiro atoms. The summed E-state index contributed by atoms with van der Waals surface area (Å²) < 4.78 is 75.0. The van der Waals surface area contributed by atoms with Gasteiger partial charge in [-0.05, 0) is 45.4 Å². The lowest BCUT2D eigenvalue weighted by Crippen LogP contribution is -2.76. The number of piperidine rings is 1. The minimum absolute atomic E-state index is 0.0266. The van der Waals surface area contributed by atoms with Crippen LogP contribution in [0.2, 0.25) is 0 Å². The molecular formula is C31H45F3N8O8S2. The maximum absolute atomic E-state index is 13.1. The first kappa shape index (κ1) is 43.9. The summed E-state index contributed by atoms with van der Waals surface area (Å²) in [6, 6.07) is 2.48. The number of thiazole rings is 1. The van der Waals surface area contributed by atoms with Gasteiger partial charge in [-0.15, -0.1) is 15.6 Å². The van der Waals surface area contributed by atoms with Crippen molar-refractivity contribution in [1.82, 2.24) is 30.1 Å². The molecule has 0 radical (unpaired) electrons. The number of hydrogen-bond donors (Lipinski definition) is 4. The van der Waals surface area contributed by atoms with Crippen molar-refractivity contribution >= 4 is 50.0 Å². The van der Waals surface area contributed by atoms with Gasteiger partial charge in [0.1, 0.15) is 29.7 Å². The van der Waals surface area contributed by atoms with Gasteiger partial charge in [-0.3, -0.25) is 14.1 Å². The first-order valence-electron chi connectivity index (χ1n) is 16.2. The highest BCUT2D eigenvalue weighted by Crippen LogP contribution is 2.33. The Hall–Kier alpha value is -4.31. The molecule has 0 aromatic carbocycles. The Balaban J connectivity index is 0.000000839. The van der Waals surface area contributed by atoms with E-state index in [-0.39, 0.29) is 35.8 Å². The lowest BCUT2D eigenvalue weighted by atomic mass is 9.84. The zero-order valence-electron chi connectivity index (χ0n) is 29.6. The van der Waals surface area contributed by atoms with Crippen LogP contribution in [-0.4, -0.2) is 94.0 Å². The van der Waals surface area contributed by atoms with Gasteiger partial charge in [0.05, 0.1) is 17.4 Å². The van der Waals surface area contributed by atoms with Crippen LogP contribution < -0.4 is 21.1 Å². The molecule has 3 aromatic rings. The second-order valence-electron chi connectivity index (χ2n) is 11.0. The largest absolute Gasteiger partial charge is 0.488 e. The fraction of sp³-hybridized carbons (Fsp3) is 0.516. The average Bonchev–Trinajstić information content (AvgIpc) is 3.75. The zero-order chi connectivity index (χ0) is 39.3. The highest BCUT2D eigenvalue weighted by molar-refractivity contribution is 7.80. The molecule has 5 N–H and O–H groups in total. The van der Waals surface area contributed by atoms with E-state index in [4.69, 9.17) is 24.8 Å². The van der Waals surface area contributed by atoms with E-state index in [1.807, 2.05) is 50.6 Å². The van der Waals surface area contributed by atoms with Gasteiger partial charge in [0.2, 0.25) is 0 Å². The number of amides is 2. The highest BCUT2D eigenvalue weighted by atomic mass is 32.3. The molecule has 5 heterocycles. The van der Waals surface area contributed by atoms with Gasteiger partial charge in [-0.25, -0.2) is 9.97 Å². The summed E-state index contributed by atoms with van der Waals surface area (Å²) in [6.45, 7) is 15.4. The number of aromatic nitrogens is 3. The van der Waals surface area contributed by atoms with Crippen LogP contribution in [0.5, 0.6) is 5.75 Å². The number of nitrogens with one attached hydrogen (secondary N) is 2. The SMILES string of the molecule is C=CC(F)(F)F.CC.CC.CC1(C)C(NC(=O)/C(=N\OCCOc2ccc3nc(C4CCCNC4)cn3c2)c2csc(N)n2)C(=O)N1OS(=O)(=O)O. The number of β-lactam (4-membered cyclic amide) rings is 1. The van der Waals surface area contributed by atoms with Gasteiger partial charge >= 0.3 is 16.6 Å². The molecule has 2 amide bonds. The number of nitrogens with zero attached hydrogens (tertiary/aromatic N) is 5. The van der Waals surface area contributed by atoms with Gasteiger partial charge < -0.3 is 30.3 Å². The molecule has 21 heteroatoms. The molecule has 52 heavy (non-hydrogen) atoms. The second-order valence-corrected chi connectivity index (χ2v) is 12.9. The Bertz CT molecular complexity index is 1770. The van der Waals surface area contributed by atoms with Gasteiger partial charge in [0, 0.05) is 30.1 Å². The number of oxime groups is 1. The van der Waals surface area contributed by atoms with E-state index in [0.717, 1.165) is 48.6 Å². The number of ether oxygens (including phenoxy) is 1. The predicted molar refractivity (Wildman–Crippen MR) is 189 cm³/mol. The summed E-state index contributed by atoms with van der Waals surface area (Å²) in [5.74, 6) is -0.747. The Morgan fingerprint density at radius 3 is 2.44 bits per heavy atom. The number of hydroxylamine groups is 2. The Morgan fingerprint density at radius 2 is 1.90 bits per heavy atom. The van der Waals surface area contributed by atoms with E-state index >= 15 is 0 Å². The molecule has 0 bridgehead atoms. The van der Waals surface area contributed by atoms with E-state index in [2.05, 4.69) is 31.6 Å². The van der Waals surface area contributed by atoms with Gasteiger partial charge in [0.25, 0.3) is 11.8 Å². The van der Waals surface area contributed by atoms with E-state index < -0.39 is 40.0 Å². The molecule has 2 fully saturated rings.